The van der Waals surface area contributed by atoms with Crippen LogP contribution in [0.5, 0.6) is 0 Å². The highest BCUT2D eigenvalue weighted by Gasteiger charge is 2.21. The Hall–Kier alpha value is -3.45. The third-order valence-electron chi connectivity index (χ3n) is 5.06. The Labute approximate surface area is 169 Å². The summed E-state index contributed by atoms with van der Waals surface area (Å²) in [6, 6.07) is 15.2. The molecule has 7 nitrogen and oxygen atoms in total. The van der Waals surface area contributed by atoms with Crippen LogP contribution in [0.4, 0.5) is 17.1 Å². The highest BCUT2D eigenvalue weighted by molar-refractivity contribution is 6.07. The van der Waals surface area contributed by atoms with Crippen molar-refractivity contribution in [1.29, 1.82) is 0 Å². The average molecular weight is 388 g/mol. The molecule has 3 aromatic rings. The van der Waals surface area contributed by atoms with E-state index in [-0.39, 0.29) is 17.6 Å². The number of pyridine rings is 2. The molecule has 29 heavy (non-hydrogen) atoms. The van der Waals surface area contributed by atoms with Gasteiger partial charge in [-0.25, -0.2) is 4.98 Å². The molecule has 1 aliphatic rings. The lowest BCUT2D eigenvalue weighted by atomic mass is 10.1. The van der Waals surface area contributed by atoms with E-state index in [0.717, 1.165) is 37.2 Å². The number of benzene rings is 1. The molecule has 0 aliphatic carbocycles. The van der Waals surface area contributed by atoms with Gasteiger partial charge in [0, 0.05) is 30.9 Å². The van der Waals surface area contributed by atoms with Gasteiger partial charge in [-0.15, -0.1) is 0 Å². The Kier molecular flexibility index (Phi) is 5.39. The van der Waals surface area contributed by atoms with Crippen LogP contribution in [0.15, 0.2) is 60.9 Å². The molecule has 1 saturated heterocycles. The first-order chi connectivity index (χ1) is 14.1. The molecule has 148 valence electrons. The van der Waals surface area contributed by atoms with Crippen LogP contribution >= 0.6 is 0 Å². The van der Waals surface area contributed by atoms with Crippen molar-refractivity contribution < 1.29 is 4.79 Å². The molecule has 0 saturated carbocycles. The predicted octanol–water partition coefficient (Wildman–Crippen LogP) is 2.91. The maximum Gasteiger partial charge on any atom is 0.276 e. The Morgan fingerprint density at radius 1 is 1.14 bits per heavy atom. The summed E-state index contributed by atoms with van der Waals surface area (Å²) in [4.78, 5) is 23.8. The third-order valence-corrected chi connectivity index (χ3v) is 5.06. The van der Waals surface area contributed by atoms with E-state index < -0.39 is 0 Å². The number of amides is 1. The highest BCUT2D eigenvalue weighted by Crippen LogP contribution is 2.28. The fourth-order valence-electron chi connectivity index (χ4n) is 3.59. The van der Waals surface area contributed by atoms with Gasteiger partial charge in [-0.2, -0.15) is 0 Å². The Bertz CT molecular complexity index is 1010. The molecule has 3 heterocycles. The monoisotopic (exact) mass is 388 g/mol. The Balaban J connectivity index is 1.61. The van der Waals surface area contributed by atoms with Crippen LogP contribution in [-0.4, -0.2) is 35.0 Å². The Morgan fingerprint density at radius 3 is 2.76 bits per heavy atom. The van der Waals surface area contributed by atoms with Crippen LogP contribution in [0, 0.1) is 0 Å². The minimum absolute atomic E-state index is 0.125. The highest BCUT2D eigenvalue weighted by atomic mass is 16.1. The molecular weight excluding hydrogens is 364 g/mol. The van der Waals surface area contributed by atoms with Gasteiger partial charge in [0.05, 0.1) is 29.0 Å². The van der Waals surface area contributed by atoms with Crippen LogP contribution in [0.1, 0.15) is 23.3 Å². The summed E-state index contributed by atoms with van der Waals surface area (Å²) >= 11 is 0. The molecule has 5 N–H and O–H groups in total. The van der Waals surface area contributed by atoms with Crippen LogP contribution in [0.25, 0.3) is 11.3 Å². The van der Waals surface area contributed by atoms with Gasteiger partial charge in [-0.05, 0) is 31.0 Å². The summed E-state index contributed by atoms with van der Waals surface area (Å²) in [5, 5.41) is 2.93. The van der Waals surface area contributed by atoms with Crippen molar-refractivity contribution >= 4 is 23.0 Å². The number of piperidine rings is 1. The molecule has 1 atom stereocenters. The van der Waals surface area contributed by atoms with Crippen molar-refractivity contribution in [2.24, 2.45) is 5.73 Å². The summed E-state index contributed by atoms with van der Waals surface area (Å²) in [7, 11) is 0. The van der Waals surface area contributed by atoms with Gasteiger partial charge in [-0.1, -0.05) is 30.3 Å². The number of hydrogen-bond acceptors (Lipinski definition) is 6. The van der Waals surface area contributed by atoms with Crippen molar-refractivity contribution in [3.05, 3.63) is 66.6 Å². The lowest BCUT2D eigenvalue weighted by Crippen LogP contribution is -2.43. The molecule has 1 fully saturated rings. The minimum Gasteiger partial charge on any atom is -0.397 e. The van der Waals surface area contributed by atoms with Gasteiger partial charge in [0.1, 0.15) is 0 Å². The largest absolute Gasteiger partial charge is 0.397 e. The third kappa shape index (κ3) is 4.20. The lowest BCUT2D eigenvalue weighted by Gasteiger charge is -2.33. The Morgan fingerprint density at radius 2 is 1.97 bits per heavy atom. The van der Waals surface area contributed by atoms with E-state index in [1.165, 1.54) is 0 Å². The van der Waals surface area contributed by atoms with Crippen molar-refractivity contribution in [1.82, 2.24) is 9.97 Å². The van der Waals surface area contributed by atoms with Crippen molar-refractivity contribution in [2.75, 3.05) is 29.0 Å². The second kappa shape index (κ2) is 8.28. The van der Waals surface area contributed by atoms with Crippen LogP contribution in [0.3, 0.4) is 0 Å². The SMILES string of the molecule is Nc1ccc(-c2ccccc2)nc1C(=O)Nc1cnccc1N1CCCC(N)C1. The average Bonchev–Trinajstić information content (AvgIpc) is 2.75. The molecule has 0 spiro atoms. The molecule has 1 unspecified atom stereocenters. The van der Waals surface area contributed by atoms with E-state index in [0.29, 0.717) is 17.1 Å². The number of hydrogen-bond donors (Lipinski definition) is 3. The summed E-state index contributed by atoms with van der Waals surface area (Å²) in [6.07, 6.45) is 5.39. The van der Waals surface area contributed by atoms with E-state index in [1.807, 2.05) is 42.5 Å². The van der Waals surface area contributed by atoms with E-state index in [1.54, 1.807) is 18.5 Å². The smallest absolute Gasteiger partial charge is 0.276 e. The first-order valence-corrected chi connectivity index (χ1v) is 9.69. The van der Waals surface area contributed by atoms with Gasteiger partial charge in [0.15, 0.2) is 5.69 Å². The normalized spacial score (nSPS) is 16.4. The van der Waals surface area contributed by atoms with Crippen molar-refractivity contribution in [2.45, 2.75) is 18.9 Å². The number of carbonyl (C=O) groups excluding carboxylic acids is 1. The van der Waals surface area contributed by atoms with Crippen molar-refractivity contribution in [3.63, 3.8) is 0 Å². The van der Waals surface area contributed by atoms with Gasteiger partial charge in [0.25, 0.3) is 5.91 Å². The summed E-state index contributed by atoms with van der Waals surface area (Å²) in [5.41, 5.74) is 15.8. The van der Waals surface area contributed by atoms with Crippen molar-refractivity contribution in [3.8, 4) is 11.3 Å². The van der Waals surface area contributed by atoms with Gasteiger partial charge in [0.2, 0.25) is 0 Å². The van der Waals surface area contributed by atoms with Gasteiger partial charge in [-0.3, -0.25) is 9.78 Å². The second-order valence-corrected chi connectivity index (χ2v) is 7.20. The van der Waals surface area contributed by atoms with Crippen LogP contribution in [-0.2, 0) is 0 Å². The zero-order chi connectivity index (χ0) is 20.2. The summed E-state index contributed by atoms with van der Waals surface area (Å²) in [5.74, 6) is -0.365. The zero-order valence-corrected chi connectivity index (χ0v) is 16.1. The molecule has 4 rings (SSSR count). The molecule has 0 radical (unpaired) electrons. The molecule has 1 aliphatic heterocycles. The quantitative estimate of drug-likeness (QED) is 0.634. The summed E-state index contributed by atoms with van der Waals surface area (Å²) in [6.45, 7) is 1.64. The standard InChI is InChI=1S/C22H24N6O/c23-16-7-4-12-28(14-16)20-10-11-25-13-19(20)27-22(29)21-17(24)8-9-18(26-21)15-5-2-1-3-6-15/h1-3,5-6,8-11,13,16H,4,7,12,14,23-24H2,(H,27,29). The maximum atomic E-state index is 13.0. The molecule has 1 amide bonds. The number of nitrogens with one attached hydrogen (secondary N) is 1. The predicted molar refractivity (Wildman–Crippen MR) is 116 cm³/mol. The number of nitrogen functional groups attached to an aromatic ring is 1. The second-order valence-electron chi connectivity index (χ2n) is 7.20. The number of rotatable bonds is 4. The van der Waals surface area contributed by atoms with Crippen LogP contribution in [0.2, 0.25) is 0 Å². The number of nitrogens with zero attached hydrogens (tertiary/aromatic N) is 3. The number of anilines is 3. The molecule has 1 aromatic carbocycles. The first-order valence-electron chi connectivity index (χ1n) is 9.69. The molecular formula is C22H24N6O. The zero-order valence-electron chi connectivity index (χ0n) is 16.1. The van der Waals surface area contributed by atoms with E-state index in [4.69, 9.17) is 11.5 Å². The molecule has 7 heteroatoms. The topological polar surface area (TPSA) is 110 Å². The van der Waals surface area contributed by atoms with Crippen LogP contribution < -0.4 is 21.7 Å². The number of nitrogens with two attached hydrogens (primary N) is 2. The lowest BCUT2D eigenvalue weighted by molar-refractivity contribution is 0.102. The van der Waals surface area contributed by atoms with E-state index in [2.05, 4.69) is 20.2 Å². The maximum absolute atomic E-state index is 13.0. The van der Waals surface area contributed by atoms with Gasteiger partial charge >= 0.3 is 0 Å². The fourth-order valence-corrected chi connectivity index (χ4v) is 3.59. The van der Waals surface area contributed by atoms with E-state index in [9.17, 15) is 4.79 Å². The molecule has 0 bridgehead atoms. The fraction of sp³-hybridized carbons (Fsp3) is 0.227. The summed E-state index contributed by atoms with van der Waals surface area (Å²) < 4.78 is 0. The van der Waals surface area contributed by atoms with Gasteiger partial charge < -0.3 is 21.7 Å². The van der Waals surface area contributed by atoms with E-state index >= 15 is 0 Å². The molecule has 2 aromatic heterocycles. The minimum atomic E-state index is -0.365. The first kappa shape index (κ1) is 18.9. The number of carbonyl (C=O) groups is 1. The number of aromatic nitrogens is 2.